The summed E-state index contributed by atoms with van der Waals surface area (Å²) in [6.07, 6.45) is 8.68. The van der Waals surface area contributed by atoms with Crippen LogP contribution in [0.1, 0.15) is 51.0 Å². The molecule has 4 saturated carbocycles. The third-order valence-corrected chi connectivity index (χ3v) is 6.56. The standard InChI is InChI=1S/C19H26FN/c1-13(21-12-17-4-2-3-5-18(17)20)19-9-14-6-15(10-19)8-16(7-14)11-19/h2-5,13-16,21H,6-12H2,1H3/t13-,14?,15?,16?,19?/m0/s1. The summed E-state index contributed by atoms with van der Waals surface area (Å²) >= 11 is 0. The van der Waals surface area contributed by atoms with Gasteiger partial charge in [0.05, 0.1) is 0 Å². The zero-order valence-corrected chi connectivity index (χ0v) is 12.9. The van der Waals surface area contributed by atoms with Crippen LogP contribution in [0, 0.1) is 29.0 Å². The van der Waals surface area contributed by atoms with Crippen molar-refractivity contribution in [1.29, 1.82) is 0 Å². The SMILES string of the molecule is C[C@H](NCc1ccccc1F)C12CC3CC(CC(C3)C1)C2. The molecule has 0 saturated heterocycles. The first-order chi connectivity index (χ1) is 10.1. The van der Waals surface area contributed by atoms with Gasteiger partial charge in [-0.2, -0.15) is 0 Å². The lowest BCUT2D eigenvalue weighted by atomic mass is 9.48. The van der Waals surface area contributed by atoms with E-state index in [-0.39, 0.29) is 5.82 Å². The number of rotatable bonds is 4. The van der Waals surface area contributed by atoms with Crippen molar-refractivity contribution in [1.82, 2.24) is 5.32 Å². The lowest BCUT2D eigenvalue weighted by molar-refractivity contribution is -0.0707. The van der Waals surface area contributed by atoms with Gasteiger partial charge in [0.25, 0.3) is 0 Å². The predicted molar refractivity (Wildman–Crippen MR) is 83.3 cm³/mol. The lowest BCUT2D eigenvalue weighted by Crippen LogP contribution is -2.54. The van der Waals surface area contributed by atoms with Gasteiger partial charge in [-0.3, -0.25) is 0 Å². The first kappa shape index (κ1) is 13.8. The number of benzene rings is 1. The summed E-state index contributed by atoms with van der Waals surface area (Å²) < 4.78 is 13.8. The van der Waals surface area contributed by atoms with Crippen molar-refractivity contribution in [3.05, 3.63) is 35.6 Å². The van der Waals surface area contributed by atoms with Gasteiger partial charge in [0.15, 0.2) is 0 Å². The lowest BCUT2D eigenvalue weighted by Gasteiger charge is -2.59. The summed E-state index contributed by atoms with van der Waals surface area (Å²) in [7, 11) is 0. The monoisotopic (exact) mass is 287 g/mol. The molecule has 1 N–H and O–H groups in total. The first-order valence-electron chi connectivity index (χ1n) is 8.61. The Labute approximate surface area is 127 Å². The van der Waals surface area contributed by atoms with Crippen molar-refractivity contribution >= 4 is 0 Å². The molecule has 0 spiro atoms. The maximum absolute atomic E-state index is 13.8. The van der Waals surface area contributed by atoms with Crippen molar-refractivity contribution in [2.75, 3.05) is 0 Å². The van der Waals surface area contributed by atoms with Crippen LogP contribution >= 0.6 is 0 Å². The molecule has 0 radical (unpaired) electrons. The molecular weight excluding hydrogens is 261 g/mol. The van der Waals surface area contributed by atoms with Crippen LogP contribution < -0.4 is 5.32 Å². The smallest absolute Gasteiger partial charge is 0.127 e. The summed E-state index contributed by atoms with van der Waals surface area (Å²) in [6.45, 7) is 3.00. The third kappa shape index (κ3) is 2.42. The van der Waals surface area contributed by atoms with E-state index >= 15 is 0 Å². The molecule has 1 nitrogen and oxygen atoms in total. The van der Waals surface area contributed by atoms with Crippen molar-refractivity contribution in [3.63, 3.8) is 0 Å². The molecule has 1 aromatic rings. The third-order valence-electron chi connectivity index (χ3n) is 6.56. The maximum atomic E-state index is 13.8. The van der Waals surface area contributed by atoms with Gasteiger partial charge in [-0.05, 0) is 74.7 Å². The molecule has 0 amide bonds. The Bertz CT molecular complexity index is 489. The number of hydrogen-bond acceptors (Lipinski definition) is 1. The summed E-state index contributed by atoms with van der Waals surface area (Å²) in [5.74, 6) is 2.86. The highest BCUT2D eigenvalue weighted by atomic mass is 19.1. The second-order valence-electron chi connectivity index (χ2n) is 7.97. The van der Waals surface area contributed by atoms with Crippen LogP contribution in [-0.2, 0) is 6.54 Å². The molecule has 1 atom stereocenters. The fourth-order valence-electron chi connectivity index (χ4n) is 5.83. The molecule has 114 valence electrons. The summed E-state index contributed by atoms with van der Waals surface area (Å²) in [5, 5.41) is 3.66. The largest absolute Gasteiger partial charge is 0.310 e. The Morgan fingerprint density at radius 3 is 2.24 bits per heavy atom. The van der Waals surface area contributed by atoms with E-state index in [9.17, 15) is 4.39 Å². The highest BCUT2D eigenvalue weighted by Gasteiger charge is 2.52. The highest BCUT2D eigenvalue weighted by Crippen LogP contribution is 2.61. The summed E-state index contributed by atoms with van der Waals surface area (Å²) in [4.78, 5) is 0. The van der Waals surface area contributed by atoms with Crippen LogP contribution in [0.25, 0.3) is 0 Å². The van der Waals surface area contributed by atoms with E-state index in [1.807, 2.05) is 12.1 Å². The molecule has 0 aliphatic heterocycles. The van der Waals surface area contributed by atoms with E-state index < -0.39 is 0 Å². The Balaban J connectivity index is 1.45. The quantitative estimate of drug-likeness (QED) is 0.858. The second-order valence-corrected chi connectivity index (χ2v) is 7.97. The molecule has 21 heavy (non-hydrogen) atoms. The molecular formula is C19H26FN. The fraction of sp³-hybridized carbons (Fsp3) is 0.684. The summed E-state index contributed by atoms with van der Waals surface area (Å²) in [6, 6.07) is 7.66. The van der Waals surface area contributed by atoms with E-state index in [4.69, 9.17) is 0 Å². The Kier molecular flexibility index (Phi) is 3.33. The molecule has 5 rings (SSSR count). The molecule has 0 heterocycles. The topological polar surface area (TPSA) is 12.0 Å². The van der Waals surface area contributed by atoms with Crippen LogP contribution in [0.5, 0.6) is 0 Å². The van der Waals surface area contributed by atoms with Gasteiger partial charge in [-0.15, -0.1) is 0 Å². The minimum atomic E-state index is -0.0808. The average Bonchev–Trinajstić information content (AvgIpc) is 2.44. The van der Waals surface area contributed by atoms with Crippen molar-refractivity contribution in [3.8, 4) is 0 Å². The van der Waals surface area contributed by atoms with Crippen LogP contribution in [0.4, 0.5) is 4.39 Å². The molecule has 2 heteroatoms. The maximum Gasteiger partial charge on any atom is 0.127 e. The highest BCUT2D eigenvalue weighted by molar-refractivity contribution is 5.17. The molecule has 4 bridgehead atoms. The van der Waals surface area contributed by atoms with Gasteiger partial charge >= 0.3 is 0 Å². The van der Waals surface area contributed by atoms with Gasteiger partial charge in [0, 0.05) is 18.2 Å². The van der Waals surface area contributed by atoms with Gasteiger partial charge < -0.3 is 5.32 Å². The molecule has 4 aliphatic rings. The van der Waals surface area contributed by atoms with Crippen LogP contribution in [0.2, 0.25) is 0 Å². The van der Waals surface area contributed by atoms with Gasteiger partial charge in [0.1, 0.15) is 5.82 Å². The normalized spacial score (nSPS) is 38.7. The summed E-state index contributed by atoms with van der Waals surface area (Å²) in [5.41, 5.74) is 1.30. The zero-order chi connectivity index (χ0) is 14.4. The van der Waals surface area contributed by atoms with E-state index in [2.05, 4.69) is 12.2 Å². The van der Waals surface area contributed by atoms with Crippen LogP contribution in [0.15, 0.2) is 24.3 Å². The Hall–Kier alpha value is -0.890. The molecule has 0 unspecified atom stereocenters. The van der Waals surface area contributed by atoms with Gasteiger partial charge in [-0.25, -0.2) is 4.39 Å². The van der Waals surface area contributed by atoms with Crippen molar-refractivity contribution in [2.45, 2.75) is 58.0 Å². The fourth-order valence-corrected chi connectivity index (χ4v) is 5.83. The number of nitrogens with one attached hydrogen (secondary N) is 1. The first-order valence-corrected chi connectivity index (χ1v) is 8.61. The molecule has 4 aliphatic carbocycles. The second kappa shape index (κ2) is 5.08. The van der Waals surface area contributed by atoms with Crippen molar-refractivity contribution < 1.29 is 4.39 Å². The Morgan fingerprint density at radius 1 is 1.10 bits per heavy atom. The van der Waals surface area contributed by atoms with Crippen LogP contribution in [0.3, 0.4) is 0 Å². The van der Waals surface area contributed by atoms with Crippen molar-refractivity contribution in [2.24, 2.45) is 23.2 Å². The average molecular weight is 287 g/mol. The Morgan fingerprint density at radius 2 is 1.67 bits per heavy atom. The number of halogens is 1. The van der Waals surface area contributed by atoms with Gasteiger partial charge in [-0.1, -0.05) is 18.2 Å². The van der Waals surface area contributed by atoms with E-state index in [0.717, 1.165) is 23.3 Å². The predicted octanol–water partition coefficient (Wildman–Crippen LogP) is 4.52. The zero-order valence-electron chi connectivity index (χ0n) is 12.9. The van der Waals surface area contributed by atoms with Gasteiger partial charge in [0.2, 0.25) is 0 Å². The molecule has 4 fully saturated rings. The molecule has 1 aromatic carbocycles. The van der Waals surface area contributed by atoms with E-state index in [1.165, 1.54) is 38.5 Å². The van der Waals surface area contributed by atoms with Crippen LogP contribution in [-0.4, -0.2) is 6.04 Å². The number of hydrogen-bond donors (Lipinski definition) is 1. The van der Waals surface area contributed by atoms with E-state index in [1.54, 1.807) is 12.1 Å². The minimum Gasteiger partial charge on any atom is -0.310 e. The molecule has 0 aromatic heterocycles. The minimum absolute atomic E-state index is 0.0808. The van der Waals surface area contributed by atoms with E-state index in [0.29, 0.717) is 18.0 Å².